The van der Waals surface area contributed by atoms with Crippen LogP contribution in [-0.4, -0.2) is 37.2 Å². The fourth-order valence-corrected chi connectivity index (χ4v) is 4.47. The predicted molar refractivity (Wildman–Crippen MR) is 78.5 cm³/mol. The highest BCUT2D eigenvalue weighted by Gasteiger charge is 2.56. The van der Waals surface area contributed by atoms with E-state index in [1.165, 1.54) is 32.1 Å². The molecule has 1 heterocycles. The number of carbonyl (C=O) groups excluding carboxylic acids is 1. The second kappa shape index (κ2) is 6.02. The molecule has 1 amide bonds. The number of carbonyl (C=O) groups is 1. The molecule has 2 saturated carbocycles. The average Bonchev–Trinajstić information content (AvgIpc) is 2.49. The summed E-state index contributed by atoms with van der Waals surface area (Å²) in [7, 11) is 0. The Kier molecular flexibility index (Phi) is 4.32. The molecule has 3 aliphatic rings. The number of ether oxygens (including phenoxy) is 1. The van der Waals surface area contributed by atoms with E-state index < -0.39 is 0 Å². The molecule has 4 nitrogen and oxygen atoms in total. The number of hydrogen-bond acceptors (Lipinski definition) is 3. The third-order valence-electron chi connectivity index (χ3n) is 5.62. The summed E-state index contributed by atoms with van der Waals surface area (Å²) in [5.41, 5.74) is 0.311. The fraction of sp³-hybridized carbons (Fsp3) is 0.938. The first-order valence-corrected chi connectivity index (χ1v) is 8.41. The van der Waals surface area contributed by atoms with Crippen LogP contribution < -0.4 is 10.6 Å². The summed E-state index contributed by atoms with van der Waals surface area (Å²) in [6.45, 7) is 3.74. The second-order valence-electron chi connectivity index (χ2n) is 6.68. The van der Waals surface area contributed by atoms with Crippen molar-refractivity contribution in [2.75, 3.05) is 13.2 Å². The van der Waals surface area contributed by atoms with Crippen molar-refractivity contribution in [3.05, 3.63) is 0 Å². The zero-order chi connectivity index (χ0) is 14.0. The molecule has 3 rings (SSSR count). The third kappa shape index (κ3) is 2.48. The molecule has 2 aliphatic carbocycles. The Morgan fingerprint density at radius 3 is 2.80 bits per heavy atom. The average molecular weight is 280 g/mol. The van der Waals surface area contributed by atoms with Crippen molar-refractivity contribution < 1.29 is 9.53 Å². The highest BCUT2D eigenvalue weighted by molar-refractivity contribution is 5.82. The van der Waals surface area contributed by atoms with Gasteiger partial charge in [-0.25, -0.2) is 0 Å². The SMILES string of the molecule is CCOC1CC(NC2CCCNC2=O)C12CCCCC2. The zero-order valence-corrected chi connectivity index (χ0v) is 12.6. The quantitative estimate of drug-likeness (QED) is 0.828. The molecule has 2 N–H and O–H groups in total. The molecular formula is C16H28N2O2. The minimum Gasteiger partial charge on any atom is -0.378 e. The molecule has 1 aliphatic heterocycles. The Morgan fingerprint density at radius 1 is 1.30 bits per heavy atom. The van der Waals surface area contributed by atoms with Gasteiger partial charge in [0.2, 0.25) is 5.91 Å². The first-order valence-electron chi connectivity index (χ1n) is 8.41. The van der Waals surface area contributed by atoms with E-state index in [-0.39, 0.29) is 11.9 Å². The molecule has 3 fully saturated rings. The van der Waals surface area contributed by atoms with Crippen LogP contribution in [-0.2, 0) is 9.53 Å². The van der Waals surface area contributed by atoms with Crippen molar-refractivity contribution in [3.63, 3.8) is 0 Å². The van der Waals surface area contributed by atoms with E-state index in [0.717, 1.165) is 32.4 Å². The standard InChI is InChI=1S/C16H28N2O2/c1-2-20-14-11-13(16(14)8-4-3-5-9-16)18-12-7-6-10-17-15(12)19/h12-14,18H,2-11H2,1H3,(H,17,19). The molecule has 0 bridgehead atoms. The molecule has 4 heteroatoms. The van der Waals surface area contributed by atoms with E-state index in [9.17, 15) is 4.79 Å². The predicted octanol–water partition coefficient (Wildman–Crippen LogP) is 1.98. The first kappa shape index (κ1) is 14.3. The van der Waals surface area contributed by atoms with Gasteiger partial charge in [-0.05, 0) is 39.0 Å². The Bertz CT molecular complexity index is 352. The van der Waals surface area contributed by atoms with Crippen molar-refractivity contribution in [3.8, 4) is 0 Å². The lowest BCUT2D eigenvalue weighted by molar-refractivity contribution is -0.155. The van der Waals surface area contributed by atoms with Crippen LogP contribution >= 0.6 is 0 Å². The minimum absolute atomic E-state index is 0.0233. The summed E-state index contributed by atoms with van der Waals surface area (Å²) < 4.78 is 5.98. The van der Waals surface area contributed by atoms with Gasteiger partial charge >= 0.3 is 0 Å². The molecule has 0 radical (unpaired) electrons. The van der Waals surface area contributed by atoms with Gasteiger partial charge in [-0.15, -0.1) is 0 Å². The van der Waals surface area contributed by atoms with Crippen LogP contribution in [0.2, 0.25) is 0 Å². The Hall–Kier alpha value is -0.610. The van der Waals surface area contributed by atoms with Gasteiger partial charge in [0.1, 0.15) is 0 Å². The number of rotatable bonds is 4. The molecule has 1 saturated heterocycles. The lowest BCUT2D eigenvalue weighted by Gasteiger charge is -2.58. The molecule has 3 atom stereocenters. The van der Waals surface area contributed by atoms with Crippen LogP contribution in [0, 0.1) is 5.41 Å². The van der Waals surface area contributed by atoms with E-state index in [2.05, 4.69) is 17.6 Å². The molecular weight excluding hydrogens is 252 g/mol. The van der Waals surface area contributed by atoms with Crippen LogP contribution in [0.25, 0.3) is 0 Å². The number of amides is 1. The van der Waals surface area contributed by atoms with Crippen LogP contribution in [0.5, 0.6) is 0 Å². The molecule has 0 aromatic heterocycles. The number of nitrogens with one attached hydrogen (secondary N) is 2. The Balaban J connectivity index is 1.65. The first-order chi connectivity index (χ1) is 9.76. The van der Waals surface area contributed by atoms with Crippen LogP contribution in [0.3, 0.4) is 0 Å². The number of piperidine rings is 1. The summed E-state index contributed by atoms with van der Waals surface area (Å²) in [5, 5.41) is 6.64. The maximum atomic E-state index is 11.9. The van der Waals surface area contributed by atoms with Gasteiger partial charge in [-0.2, -0.15) is 0 Å². The van der Waals surface area contributed by atoms with Crippen molar-refractivity contribution in [2.24, 2.45) is 5.41 Å². The smallest absolute Gasteiger partial charge is 0.237 e. The maximum absolute atomic E-state index is 11.9. The van der Waals surface area contributed by atoms with Crippen molar-refractivity contribution in [1.29, 1.82) is 0 Å². The topological polar surface area (TPSA) is 50.4 Å². The Labute approximate surface area is 122 Å². The van der Waals surface area contributed by atoms with Crippen LogP contribution in [0.1, 0.15) is 58.3 Å². The van der Waals surface area contributed by atoms with E-state index in [1.54, 1.807) is 0 Å². The zero-order valence-electron chi connectivity index (χ0n) is 12.6. The lowest BCUT2D eigenvalue weighted by atomic mass is 9.55. The molecule has 20 heavy (non-hydrogen) atoms. The van der Waals surface area contributed by atoms with Gasteiger partial charge in [-0.3, -0.25) is 4.79 Å². The summed E-state index contributed by atoms with van der Waals surface area (Å²) in [6.07, 6.45) is 10.1. The van der Waals surface area contributed by atoms with Crippen molar-refractivity contribution in [2.45, 2.75) is 76.5 Å². The summed E-state index contributed by atoms with van der Waals surface area (Å²) in [4.78, 5) is 11.9. The van der Waals surface area contributed by atoms with Crippen molar-refractivity contribution >= 4 is 5.91 Å². The largest absolute Gasteiger partial charge is 0.378 e. The number of hydrogen-bond donors (Lipinski definition) is 2. The maximum Gasteiger partial charge on any atom is 0.237 e. The fourth-order valence-electron chi connectivity index (χ4n) is 4.47. The van der Waals surface area contributed by atoms with E-state index in [1.807, 2.05) is 0 Å². The van der Waals surface area contributed by atoms with E-state index >= 15 is 0 Å². The minimum atomic E-state index is 0.0233. The van der Waals surface area contributed by atoms with E-state index in [0.29, 0.717) is 17.6 Å². The van der Waals surface area contributed by atoms with Gasteiger partial charge in [-0.1, -0.05) is 19.3 Å². The van der Waals surface area contributed by atoms with Gasteiger partial charge in [0.15, 0.2) is 0 Å². The van der Waals surface area contributed by atoms with Gasteiger partial charge in [0.05, 0.1) is 12.1 Å². The summed E-state index contributed by atoms with van der Waals surface area (Å²) in [6, 6.07) is 0.503. The monoisotopic (exact) mass is 280 g/mol. The normalized spacial score (nSPS) is 36.5. The van der Waals surface area contributed by atoms with Crippen LogP contribution in [0.4, 0.5) is 0 Å². The second-order valence-corrected chi connectivity index (χ2v) is 6.68. The molecule has 3 unspecified atom stereocenters. The highest BCUT2D eigenvalue weighted by atomic mass is 16.5. The third-order valence-corrected chi connectivity index (χ3v) is 5.62. The van der Waals surface area contributed by atoms with Gasteiger partial charge in [0, 0.05) is 24.6 Å². The highest BCUT2D eigenvalue weighted by Crippen LogP contribution is 2.53. The molecule has 0 aromatic carbocycles. The molecule has 114 valence electrons. The van der Waals surface area contributed by atoms with E-state index in [4.69, 9.17) is 4.74 Å². The van der Waals surface area contributed by atoms with Crippen LogP contribution in [0.15, 0.2) is 0 Å². The van der Waals surface area contributed by atoms with Gasteiger partial charge in [0.25, 0.3) is 0 Å². The summed E-state index contributed by atoms with van der Waals surface area (Å²) >= 11 is 0. The summed E-state index contributed by atoms with van der Waals surface area (Å²) in [5.74, 6) is 0.196. The Morgan fingerprint density at radius 2 is 2.10 bits per heavy atom. The van der Waals surface area contributed by atoms with Crippen molar-refractivity contribution in [1.82, 2.24) is 10.6 Å². The van der Waals surface area contributed by atoms with Gasteiger partial charge < -0.3 is 15.4 Å². The molecule has 1 spiro atoms. The lowest BCUT2D eigenvalue weighted by Crippen LogP contribution is -2.67. The molecule has 0 aromatic rings.